The predicted octanol–water partition coefficient (Wildman–Crippen LogP) is 3.38. The van der Waals surface area contributed by atoms with Gasteiger partial charge in [0.2, 0.25) is 0 Å². The number of benzene rings is 1. The fourth-order valence-corrected chi connectivity index (χ4v) is 2.97. The number of anilines is 1. The van der Waals surface area contributed by atoms with Crippen molar-refractivity contribution in [1.82, 2.24) is 15.7 Å². The average Bonchev–Trinajstić information content (AvgIpc) is 3.52. The summed E-state index contributed by atoms with van der Waals surface area (Å²) in [6, 6.07) is 9.49. The Kier molecular flexibility index (Phi) is 5.81. The van der Waals surface area contributed by atoms with Gasteiger partial charge in [-0.2, -0.15) is 5.48 Å². The zero-order chi connectivity index (χ0) is 21.1. The molecule has 1 aromatic heterocycles. The van der Waals surface area contributed by atoms with Crippen molar-refractivity contribution >= 4 is 17.7 Å². The second kappa shape index (κ2) is 8.14. The predicted molar refractivity (Wildman–Crippen MR) is 105 cm³/mol. The van der Waals surface area contributed by atoms with Crippen molar-refractivity contribution in [3.05, 3.63) is 53.5 Å². The van der Waals surface area contributed by atoms with Crippen molar-refractivity contribution in [2.75, 3.05) is 11.9 Å². The first kappa shape index (κ1) is 20.7. The van der Waals surface area contributed by atoms with Crippen molar-refractivity contribution in [3.63, 3.8) is 0 Å². The molecule has 8 heteroatoms. The summed E-state index contributed by atoms with van der Waals surface area (Å²) in [5.41, 5.74) is 2.46. The summed E-state index contributed by atoms with van der Waals surface area (Å²) in [5.74, 6) is -0.819. The number of rotatable bonds is 7. The van der Waals surface area contributed by atoms with Crippen LogP contribution in [0.1, 0.15) is 56.1 Å². The van der Waals surface area contributed by atoms with Gasteiger partial charge in [-0.25, -0.2) is 9.18 Å². The SMILES string of the molecule is CCC1(C(=O)ONC(=O)c2ccc(NCC(C)(C)c3ccc(F)cc3)nn2)CC1. The van der Waals surface area contributed by atoms with Crippen LogP contribution in [0.15, 0.2) is 36.4 Å². The van der Waals surface area contributed by atoms with Gasteiger partial charge in [0.15, 0.2) is 5.69 Å². The Balaban J connectivity index is 1.52. The Morgan fingerprint density at radius 1 is 1.14 bits per heavy atom. The first-order chi connectivity index (χ1) is 13.8. The molecule has 0 unspecified atom stereocenters. The van der Waals surface area contributed by atoms with Crippen LogP contribution in [-0.2, 0) is 15.0 Å². The second-order valence-electron chi connectivity index (χ2n) is 8.00. The number of carbonyl (C=O) groups is 2. The highest BCUT2D eigenvalue weighted by atomic mass is 19.1. The van der Waals surface area contributed by atoms with Crippen LogP contribution in [-0.4, -0.2) is 28.6 Å². The number of halogens is 1. The zero-order valence-electron chi connectivity index (χ0n) is 16.8. The Bertz CT molecular complexity index is 878. The summed E-state index contributed by atoms with van der Waals surface area (Å²) in [5, 5.41) is 11.0. The van der Waals surface area contributed by atoms with Crippen LogP contribution in [0.2, 0.25) is 0 Å². The second-order valence-corrected chi connectivity index (χ2v) is 8.00. The van der Waals surface area contributed by atoms with Crippen molar-refractivity contribution in [2.45, 2.75) is 45.4 Å². The molecule has 1 fully saturated rings. The van der Waals surface area contributed by atoms with E-state index in [1.54, 1.807) is 18.2 Å². The highest BCUT2D eigenvalue weighted by Crippen LogP contribution is 2.49. The number of hydroxylamine groups is 1. The Morgan fingerprint density at radius 3 is 2.38 bits per heavy atom. The molecule has 0 atom stereocenters. The van der Waals surface area contributed by atoms with Gasteiger partial charge in [-0.3, -0.25) is 4.79 Å². The fraction of sp³-hybridized carbons (Fsp3) is 0.429. The Morgan fingerprint density at radius 2 is 1.83 bits per heavy atom. The maximum Gasteiger partial charge on any atom is 0.338 e. The number of hydrogen-bond acceptors (Lipinski definition) is 6. The van der Waals surface area contributed by atoms with E-state index >= 15 is 0 Å². The van der Waals surface area contributed by atoms with E-state index in [1.807, 2.05) is 20.8 Å². The molecule has 1 amide bonds. The number of carbonyl (C=O) groups excluding carboxylic acids is 2. The summed E-state index contributed by atoms with van der Waals surface area (Å²) in [6.07, 6.45) is 2.26. The van der Waals surface area contributed by atoms with Gasteiger partial charge in [0.25, 0.3) is 0 Å². The molecule has 154 valence electrons. The van der Waals surface area contributed by atoms with Gasteiger partial charge >= 0.3 is 11.9 Å². The minimum atomic E-state index is -0.629. The summed E-state index contributed by atoms with van der Waals surface area (Å²) in [7, 11) is 0. The molecule has 1 aliphatic carbocycles. The maximum absolute atomic E-state index is 13.1. The van der Waals surface area contributed by atoms with E-state index in [0.717, 1.165) is 18.4 Å². The molecule has 1 aromatic carbocycles. The third-order valence-electron chi connectivity index (χ3n) is 5.43. The molecule has 2 N–H and O–H groups in total. The van der Waals surface area contributed by atoms with Crippen molar-refractivity contribution in [2.24, 2.45) is 5.41 Å². The number of aromatic nitrogens is 2. The molecular weight excluding hydrogens is 375 g/mol. The lowest BCUT2D eigenvalue weighted by atomic mass is 9.84. The molecule has 29 heavy (non-hydrogen) atoms. The minimum Gasteiger partial charge on any atom is -0.368 e. The van der Waals surface area contributed by atoms with E-state index in [2.05, 4.69) is 21.0 Å². The van der Waals surface area contributed by atoms with Crippen molar-refractivity contribution < 1.29 is 18.8 Å². The molecule has 0 aliphatic heterocycles. The van der Waals surface area contributed by atoms with Crippen LogP contribution in [0, 0.1) is 11.2 Å². The summed E-state index contributed by atoms with van der Waals surface area (Å²) >= 11 is 0. The summed E-state index contributed by atoms with van der Waals surface area (Å²) in [4.78, 5) is 29.0. The van der Waals surface area contributed by atoms with E-state index in [-0.39, 0.29) is 16.9 Å². The highest BCUT2D eigenvalue weighted by Gasteiger charge is 2.50. The lowest BCUT2D eigenvalue weighted by Gasteiger charge is -2.25. The molecule has 3 rings (SSSR count). The fourth-order valence-electron chi connectivity index (χ4n) is 2.97. The zero-order valence-corrected chi connectivity index (χ0v) is 16.8. The lowest BCUT2D eigenvalue weighted by molar-refractivity contribution is -0.155. The van der Waals surface area contributed by atoms with Gasteiger partial charge in [0.05, 0.1) is 5.41 Å². The minimum absolute atomic E-state index is 0.0440. The summed E-state index contributed by atoms with van der Waals surface area (Å²) < 4.78 is 13.1. The summed E-state index contributed by atoms with van der Waals surface area (Å²) in [6.45, 7) is 6.51. The van der Waals surface area contributed by atoms with E-state index < -0.39 is 17.3 Å². The first-order valence-electron chi connectivity index (χ1n) is 9.61. The molecule has 1 saturated carbocycles. The Hall–Kier alpha value is -3.03. The normalized spacial score (nSPS) is 14.8. The maximum atomic E-state index is 13.1. The lowest BCUT2D eigenvalue weighted by Crippen LogP contribution is -2.32. The molecule has 1 aliphatic rings. The largest absolute Gasteiger partial charge is 0.368 e. The van der Waals surface area contributed by atoms with Gasteiger partial charge in [-0.05, 0) is 49.1 Å². The van der Waals surface area contributed by atoms with Crippen LogP contribution in [0.3, 0.4) is 0 Å². The van der Waals surface area contributed by atoms with Crippen LogP contribution < -0.4 is 10.8 Å². The van der Waals surface area contributed by atoms with E-state index in [9.17, 15) is 14.0 Å². The smallest absolute Gasteiger partial charge is 0.338 e. The van der Waals surface area contributed by atoms with Crippen LogP contribution >= 0.6 is 0 Å². The van der Waals surface area contributed by atoms with E-state index in [1.165, 1.54) is 18.2 Å². The average molecular weight is 400 g/mol. The van der Waals surface area contributed by atoms with E-state index in [0.29, 0.717) is 18.8 Å². The molecule has 1 heterocycles. The van der Waals surface area contributed by atoms with Crippen molar-refractivity contribution in [1.29, 1.82) is 0 Å². The standard InChI is InChI=1S/C21H25FN4O3/c1-4-21(11-12-21)19(28)29-26-18(27)16-9-10-17(25-24-16)23-13-20(2,3)14-5-7-15(22)8-6-14/h5-10H,4,11-13H2,1-3H3,(H,23,25)(H,26,27). The van der Waals surface area contributed by atoms with Gasteiger partial charge in [-0.15, -0.1) is 10.2 Å². The highest BCUT2D eigenvalue weighted by molar-refractivity contribution is 5.92. The quantitative estimate of drug-likeness (QED) is 0.692. The first-order valence-corrected chi connectivity index (χ1v) is 9.61. The van der Waals surface area contributed by atoms with Gasteiger partial charge < -0.3 is 10.2 Å². The van der Waals surface area contributed by atoms with Crippen LogP contribution in [0.5, 0.6) is 0 Å². The van der Waals surface area contributed by atoms with Crippen LogP contribution in [0.25, 0.3) is 0 Å². The topological polar surface area (TPSA) is 93.2 Å². The Labute approximate surface area is 169 Å². The number of hydrogen-bond donors (Lipinski definition) is 2. The van der Waals surface area contributed by atoms with Gasteiger partial charge in [-0.1, -0.05) is 32.9 Å². The van der Waals surface area contributed by atoms with Gasteiger partial charge in [0.1, 0.15) is 11.6 Å². The molecule has 2 aromatic rings. The number of amides is 1. The molecule has 7 nitrogen and oxygen atoms in total. The van der Waals surface area contributed by atoms with Crippen LogP contribution in [0.4, 0.5) is 10.2 Å². The molecular formula is C21H25FN4O3. The van der Waals surface area contributed by atoms with E-state index in [4.69, 9.17) is 4.84 Å². The third kappa shape index (κ3) is 4.88. The number of nitrogens with zero attached hydrogens (tertiary/aromatic N) is 2. The molecule has 0 spiro atoms. The molecule has 0 bridgehead atoms. The third-order valence-corrected chi connectivity index (χ3v) is 5.43. The number of nitrogens with one attached hydrogen (secondary N) is 2. The van der Waals surface area contributed by atoms with Gasteiger partial charge in [0, 0.05) is 12.0 Å². The van der Waals surface area contributed by atoms with Crippen molar-refractivity contribution in [3.8, 4) is 0 Å². The molecule has 0 radical (unpaired) electrons. The monoisotopic (exact) mass is 400 g/mol. The molecule has 0 saturated heterocycles.